The zero-order valence-electron chi connectivity index (χ0n) is 16.3. The third-order valence-electron chi connectivity index (χ3n) is 6.63. The van der Waals surface area contributed by atoms with E-state index in [1.54, 1.807) is 0 Å². The van der Waals surface area contributed by atoms with Crippen LogP contribution in [0.1, 0.15) is 76.7 Å². The Kier molecular flexibility index (Phi) is 6.88. The standard InChI is InChI=1S/C23H30FNO2/c1-2-3-16-4-6-17(7-5-16)18-8-10-19(11-9-18)23(26)27-22-13-12-21(24)14-20(22)15-25/h12-14,16-19H,2-11H2,1H3. The SMILES string of the molecule is CCCC1CCC(C2CCC(C(=O)Oc3ccc(F)cc3C#N)CC2)CC1. The van der Waals surface area contributed by atoms with Gasteiger partial charge in [0.25, 0.3) is 0 Å². The first-order chi connectivity index (χ1) is 13.1. The molecule has 0 N–H and O–H groups in total. The van der Waals surface area contributed by atoms with Crippen molar-refractivity contribution in [2.75, 3.05) is 0 Å². The number of halogens is 1. The molecule has 3 nitrogen and oxygen atoms in total. The lowest BCUT2D eigenvalue weighted by atomic mass is 9.69. The van der Waals surface area contributed by atoms with E-state index < -0.39 is 5.82 Å². The first kappa shape index (κ1) is 19.9. The van der Waals surface area contributed by atoms with Crippen molar-refractivity contribution in [3.8, 4) is 11.8 Å². The molecule has 0 radical (unpaired) electrons. The van der Waals surface area contributed by atoms with Gasteiger partial charge in [0, 0.05) is 0 Å². The highest BCUT2D eigenvalue weighted by Gasteiger charge is 2.33. The number of carbonyl (C=O) groups is 1. The molecule has 0 aromatic heterocycles. The van der Waals surface area contributed by atoms with Crippen molar-refractivity contribution in [1.82, 2.24) is 0 Å². The van der Waals surface area contributed by atoms with Crippen molar-refractivity contribution in [2.24, 2.45) is 23.7 Å². The second kappa shape index (κ2) is 9.35. The molecule has 1 aromatic carbocycles. The third-order valence-corrected chi connectivity index (χ3v) is 6.63. The van der Waals surface area contributed by atoms with Gasteiger partial charge in [-0.05, 0) is 74.5 Å². The van der Waals surface area contributed by atoms with Crippen molar-refractivity contribution < 1.29 is 13.9 Å². The van der Waals surface area contributed by atoms with E-state index in [1.165, 1.54) is 50.7 Å². The maximum Gasteiger partial charge on any atom is 0.314 e. The number of benzene rings is 1. The number of nitrogens with zero attached hydrogens (tertiary/aromatic N) is 1. The normalized spacial score (nSPS) is 28.3. The summed E-state index contributed by atoms with van der Waals surface area (Å²) in [5.41, 5.74) is 0.0703. The molecule has 2 saturated carbocycles. The van der Waals surface area contributed by atoms with Gasteiger partial charge in [0.05, 0.1) is 11.5 Å². The Morgan fingerprint density at radius 3 is 2.33 bits per heavy atom. The van der Waals surface area contributed by atoms with Gasteiger partial charge in [0.2, 0.25) is 0 Å². The fraction of sp³-hybridized carbons (Fsp3) is 0.652. The molecule has 3 rings (SSSR count). The van der Waals surface area contributed by atoms with E-state index in [2.05, 4.69) is 6.92 Å². The first-order valence-corrected chi connectivity index (χ1v) is 10.5. The molecule has 0 aliphatic heterocycles. The van der Waals surface area contributed by atoms with E-state index >= 15 is 0 Å². The average Bonchev–Trinajstić information content (AvgIpc) is 2.70. The number of esters is 1. The highest BCUT2D eigenvalue weighted by atomic mass is 19.1. The quantitative estimate of drug-likeness (QED) is 0.470. The van der Waals surface area contributed by atoms with Crippen molar-refractivity contribution in [1.29, 1.82) is 5.26 Å². The van der Waals surface area contributed by atoms with Crippen LogP contribution in [-0.4, -0.2) is 5.97 Å². The monoisotopic (exact) mass is 371 g/mol. The Morgan fingerprint density at radius 2 is 1.74 bits per heavy atom. The topological polar surface area (TPSA) is 50.1 Å². The van der Waals surface area contributed by atoms with Crippen LogP contribution in [0.4, 0.5) is 4.39 Å². The van der Waals surface area contributed by atoms with Crippen LogP contribution < -0.4 is 4.74 Å². The zero-order valence-corrected chi connectivity index (χ0v) is 16.3. The number of rotatable bonds is 5. The van der Waals surface area contributed by atoms with Crippen LogP contribution in [0.25, 0.3) is 0 Å². The van der Waals surface area contributed by atoms with Gasteiger partial charge in [-0.25, -0.2) is 4.39 Å². The van der Waals surface area contributed by atoms with Gasteiger partial charge in [0.1, 0.15) is 17.6 Å². The number of nitriles is 1. The van der Waals surface area contributed by atoms with Gasteiger partial charge < -0.3 is 4.74 Å². The molecular weight excluding hydrogens is 341 g/mol. The fourth-order valence-corrected chi connectivity index (χ4v) is 5.05. The number of ether oxygens (including phenoxy) is 1. The summed E-state index contributed by atoms with van der Waals surface area (Å²) in [5.74, 6) is 1.80. The van der Waals surface area contributed by atoms with Crippen LogP contribution in [-0.2, 0) is 4.79 Å². The van der Waals surface area contributed by atoms with Crippen LogP contribution >= 0.6 is 0 Å². The number of carbonyl (C=O) groups excluding carboxylic acids is 1. The summed E-state index contributed by atoms with van der Waals surface area (Å²) < 4.78 is 18.6. The van der Waals surface area contributed by atoms with Gasteiger partial charge in [-0.3, -0.25) is 4.79 Å². The molecule has 0 atom stereocenters. The maximum atomic E-state index is 13.2. The van der Waals surface area contributed by atoms with E-state index in [4.69, 9.17) is 10.00 Å². The minimum Gasteiger partial charge on any atom is -0.425 e. The second-order valence-electron chi connectivity index (χ2n) is 8.35. The molecule has 146 valence electrons. The largest absolute Gasteiger partial charge is 0.425 e. The maximum absolute atomic E-state index is 13.2. The molecule has 0 unspecified atom stereocenters. The van der Waals surface area contributed by atoms with E-state index in [0.29, 0.717) is 0 Å². The minimum absolute atomic E-state index is 0.0703. The molecule has 2 fully saturated rings. The average molecular weight is 371 g/mol. The highest BCUT2D eigenvalue weighted by Crippen LogP contribution is 2.42. The van der Waals surface area contributed by atoms with E-state index in [-0.39, 0.29) is 23.2 Å². The van der Waals surface area contributed by atoms with E-state index in [0.717, 1.165) is 49.5 Å². The van der Waals surface area contributed by atoms with Crippen molar-refractivity contribution in [3.05, 3.63) is 29.6 Å². The molecule has 2 aliphatic rings. The van der Waals surface area contributed by atoms with E-state index in [9.17, 15) is 9.18 Å². The Bertz CT molecular complexity index is 680. The Labute approximate surface area is 161 Å². The van der Waals surface area contributed by atoms with Gasteiger partial charge in [-0.15, -0.1) is 0 Å². The summed E-state index contributed by atoms with van der Waals surface area (Å²) in [6.07, 6.45) is 12.0. The van der Waals surface area contributed by atoms with E-state index in [1.807, 2.05) is 6.07 Å². The number of hydrogen-bond acceptors (Lipinski definition) is 3. The lowest BCUT2D eigenvalue weighted by Gasteiger charge is -2.37. The molecule has 0 heterocycles. The predicted octanol–water partition coefficient (Wildman–Crippen LogP) is 6.02. The predicted molar refractivity (Wildman–Crippen MR) is 103 cm³/mol. The summed E-state index contributed by atoms with van der Waals surface area (Å²) in [5, 5.41) is 9.09. The Balaban J connectivity index is 1.48. The third kappa shape index (κ3) is 5.09. The number of hydrogen-bond donors (Lipinski definition) is 0. The molecule has 0 saturated heterocycles. The fourth-order valence-electron chi connectivity index (χ4n) is 5.05. The minimum atomic E-state index is -0.500. The molecular formula is C23H30FNO2. The lowest BCUT2D eigenvalue weighted by Crippen LogP contribution is -2.30. The molecule has 0 spiro atoms. The summed E-state index contributed by atoms with van der Waals surface area (Å²) >= 11 is 0. The lowest BCUT2D eigenvalue weighted by molar-refractivity contribution is -0.140. The van der Waals surface area contributed by atoms with Crippen molar-refractivity contribution >= 4 is 5.97 Å². The summed E-state index contributed by atoms with van der Waals surface area (Å²) in [6.45, 7) is 2.28. The molecule has 4 heteroatoms. The molecule has 2 aliphatic carbocycles. The first-order valence-electron chi connectivity index (χ1n) is 10.5. The molecule has 0 bridgehead atoms. The smallest absolute Gasteiger partial charge is 0.314 e. The molecule has 27 heavy (non-hydrogen) atoms. The van der Waals surface area contributed by atoms with Crippen LogP contribution in [0.5, 0.6) is 5.75 Å². The molecule has 1 aromatic rings. The zero-order chi connectivity index (χ0) is 19.2. The Hall–Kier alpha value is -1.89. The summed E-state index contributed by atoms with van der Waals surface area (Å²) in [4.78, 5) is 12.5. The van der Waals surface area contributed by atoms with Crippen LogP contribution in [0.2, 0.25) is 0 Å². The van der Waals surface area contributed by atoms with Crippen LogP contribution in [0.15, 0.2) is 18.2 Å². The van der Waals surface area contributed by atoms with Gasteiger partial charge in [0.15, 0.2) is 0 Å². The van der Waals surface area contributed by atoms with Crippen molar-refractivity contribution in [3.63, 3.8) is 0 Å². The van der Waals surface area contributed by atoms with Gasteiger partial charge in [-0.1, -0.05) is 32.6 Å². The molecule has 0 amide bonds. The van der Waals surface area contributed by atoms with Gasteiger partial charge >= 0.3 is 5.97 Å². The van der Waals surface area contributed by atoms with Crippen LogP contribution in [0, 0.1) is 40.8 Å². The highest BCUT2D eigenvalue weighted by molar-refractivity contribution is 5.76. The van der Waals surface area contributed by atoms with Crippen molar-refractivity contribution in [2.45, 2.75) is 71.1 Å². The summed E-state index contributed by atoms with van der Waals surface area (Å²) in [6, 6.07) is 5.58. The van der Waals surface area contributed by atoms with Crippen LogP contribution in [0.3, 0.4) is 0 Å². The second-order valence-corrected chi connectivity index (χ2v) is 8.35. The Morgan fingerprint density at radius 1 is 1.11 bits per heavy atom. The van der Waals surface area contributed by atoms with Gasteiger partial charge in [-0.2, -0.15) is 5.26 Å². The summed E-state index contributed by atoms with van der Waals surface area (Å²) in [7, 11) is 0.